The van der Waals surface area contributed by atoms with Gasteiger partial charge in [-0.15, -0.1) is 0 Å². The van der Waals surface area contributed by atoms with Crippen molar-refractivity contribution in [1.29, 1.82) is 0 Å². The van der Waals surface area contributed by atoms with Gasteiger partial charge in [0.2, 0.25) is 0 Å². The molecule has 0 aliphatic heterocycles. The molecule has 0 heterocycles. The molecule has 1 rings (SSSR count). The average molecular weight is 148 g/mol. The maximum atomic E-state index is 2.26. The monoisotopic (exact) mass is 148 g/mol. The number of allylic oxidation sites excluding steroid dienone is 6. The maximum Gasteiger partial charge on any atom is 0.0867 e. The van der Waals surface area contributed by atoms with Crippen LogP contribution in [0.15, 0.2) is 35.6 Å². The molecule has 52 valence electrons. The van der Waals surface area contributed by atoms with E-state index in [1.807, 2.05) is 0 Å². The molecule has 1 heteroatoms. The first-order valence-corrected chi connectivity index (χ1v) is 4.65. The van der Waals surface area contributed by atoms with Crippen molar-refractivity contribution in [2.75, 3.05) is 0 Å². The minimum absolute atomic E-state index is 0.691. The highest BCUT2D eigenvalue weighted by Gasteiger charge is 2.04. The lowest BCUT2D eigenvalue weighted by molar-refractivity contribution is 1.37. The van der Waals surface area contributed by atoms with E-state index >= 15 is 0 Å². The Morgan fingerprint density at radius 2 is 2.00 bits per heavy atom. The van der Waals surface area contributed by atoms with Crippen LogP contribution in [0.1, 0.15) is 13.8 Å². The summed E-state index contributed by atoms with van der Waals surface area (Å²) in [7, 11) is 0.947. The van der Waals surface area contributed by atoms with Crippen molar-refractivity contribution < 1.29 is 0 Å². The number of rotatable bonds is 2. The predicted octanol–water partition coefficient (Wildman–Crippen LogP) is 2.53. The minimum atomic E-state index is 0.691. The maximum absolute atomic E-state index is 2.26. The molecule has 0 amide bonds. The molecule has 0 aromatic carbocycles. The Bertz CT molecular complexity index is 175. The van der Waals surface area contributed by atoms with Crippen molar-refractivity contribution >= 4 is 9.52 Å². The third kappa shape index (κ3) is 1.99. The van der Waals surface area contributed by atoms with Gasteiger partial charge in [-0.25, -0.2) is 0 Å². The van der Waals surface area contributed by atoms with Gasteiger partial charge in [-0.05, 0) is 19.4 Å². The molecular weight excluding hydrogens is 136 g/mol. The highest BCUT2D eigenvalue weighted by molar-refractivity contribution is 6.48. The molecule has 0 aromatic heterocycles. The molecule has 0 spiro atoms. The lowest BCUT2D eigenvalue weighted by atomic mass is 10.5. The summed E-state index contributed by atoms with van der Waals surface area (Å²) in [5, 5.41) is 1.50. The van der Waals surface area contributed by atoms with E-state index in [0.717, 1.165) is 9.52 Å². The first-order chi connectivity index (χ1) is 4.83. The summed E-state index contributed by atoms with van der Waals surface area (Å²) in [6.45, 7) is 4.29. The van der Waals surface area contributed by atoms with E-state index in [1.165, 1.54) is 5.20 Å². The minimum Gasteiger partial charge on any atom is -0.0931 e. The van der Waals surface area contributed by atoms with E-state index < -0.39 is 0 Å². The molecule has 0 unspecified atom stereocenters. The molecule has 0 saturated heterocycles. The van der Waals surface area contributed by atoms with Gasteiger partial charge in [0.1, 0.15) is 0 Å². The zero-order valence-corrected chi connectivity index (χ0v) is 7.46. The first-order valence-electron chi connectivity index (χ1n) is 3.57. The van der Waals surface area contributed by atoms with Gasteiger partial charge >= 0.3 is 0 Å². The van der Waals surface area contributed by atoms with Crippen LogP contribution in [-0.2, 0) is 0 Å². The third-order valence-electron chi connectivity index (χ3n) is 1.58. The Kier molecular flexibility index (Phi) is 2.69. The van der Waals surface area contributed by atoms with Crippen molar-refractivity contribution in [1.82, 2.24) is 0 Å². The SMILES string of the molecule is C/C=C(\C)[Si]C1C=CC=C1. The highest BCUT2D eigenvalue weighted by Crippen LogP contribution is 2.16. The Labute approximate surface area is 65.2 Å². The molecule has 0 nitrogen and oxygen atoms in total. The van der Waals surface area contributed by atoms with E-state index in [4.69, 9.17) is 0 Å². The molecule has 1 aliphatic rings. The smallest absolute Gasteiger partial charge is 0.0867 e. The summed E-state index contributed by atoms with van der Waals surface area (Å²) in [6.07, 6.45) is 11.0. The number of hydrogen-bond donors (Lipinski definition) is 0. The van der Waals surface area contributed by atoms with Gasteiger partial charge < -0.3 is 0 Å². The number of hydrogen-bond acceptors (Lipinski definition) is 0. The summed E-state index contributed by atoms with van der Waals surface area (Å²) in [4.78, 5) is 0. The molecule has 10 heavy (non-hydrogen) atoms. The van der Waals surface area contributed by atoms with Gasteiger partial charge in [0.15, 0.2) is 0 Å². The summed E-state index contributed by atoms with van der Waals surface area (Å²) >= 11 is 0. The van der Waals surface area contributed by atoms with Crippen molar-refractivity contribution in [3.63, 3.8) is 0 Å². The molecular formula is C9H12Si. The second-order valence-electron chi connectivity index (χ2n) is 2.41. The van der Waals surface area contributed by atoms with Crippen LogP contribution in [0.25, 0.3) is 0 Å². The molecule has 1 aliphatic carbocycles. The second-order valence-corrected chi connectivity index (χ2v) is 4.16. The fourth-order valence-electron chi connectivity index (χ4n) is 0.874. The molecule has 0 bridgehead atoms. The Hall–Kier alpha value is -0.563. The van der Waals surface area contributed by atoms with Crippen LogP contribution in [0.4, 0.5) is 0 Å². The summed E-state index contributed by atoms with van der Waals surface area (Å²) in [5.41, 5.74) is 0.691. The Balaban J connectivity index is 2.39. The van der Waals surface area contributed by atoms with Gasteiger partial charge in [0, 0.05) is 0 Å². The first kappa shape index (κ1) is 7.54. The van der Waals surface area contributed by atoms with Crippen molar-refractivity contribution in [2.24, 2.45) is 0 Å². The van der Waals surface area contributed by atoms with Crippen LogP contribution in [0.3, 0.4) is 0 Å². The zero-order chi connectivity index (χ0) is 7.40. The van der Waals surface area contributed by atoms with E-state index in [2.05, 4.69) is 44.2 Å². The second kappa shape index (κ2) is 3.57. The van der Waals surface area contributed by atoms with Gasteiger partial charge in [0.05, 0.1) is 9.52 Å². The molecule has 0 saturated carbocycles. The molecule has 0 aromatic rings. The largest absolute Gasteiger partial charge is 0.0931 e. The van der Waals surface area contributed by atoms with Crippen molar-refractivity contribution in [2.45, 2.75) is 19.4 Å². The van der Waals surface area contributed by atoms with Gasteiger partial charge in [-0.3, -0.25) is 0 Å². The van der Waals surface area contributed by atoms with E-state index in [1.54, 1.807) is 0 Å². The molecule has 0 atom stereocenters. The van der Waals surface area contributed by atoms with Crippen molar-refractivity contribution in [3.05, 3.63) is 35.6 Å². The Morgan fingerprint density at radius 1 is 1.40 bits per heavy atom. The van der Waals surface area contributed by atoms with E-state index in [-0.39, 0.29) is 0 Å². The summed E-state index contributed by atoms with van der Waals surface area (Å²) < 4.78 is 0. The standard InChI is InChI=1S/C9H12Si/c1-3-8(2)10-9-6-4-5-7-9/h3-7,9H,1-2H3/b8-3+. The summed E-state index contributed by atoms with van der Waals surface area (Å²) in [5.74, 6) is 0. The molecule has 0 fully saturated rings. The van der Waals surface area contributed by atoms with Gasteiger partial charge in [0.25, 0.3) is 0 Å². The zero-order valence-electron chi connectivity index (χ0n) is 6.46. The van der Waals surface area contributed by atoms with Crippen LogP contribution in [-0.4, -0.2) is 9.52 Å². The lowest BCUT2D eigenvalue weighted by Crippen LogP contribution is -1.97. The fourth-order valence-corrected chi connectivity index (χ4v) is 1.98. The molecule has 2 radical (unpaired) electrons. The highest BCUT2D eigenvalue weighted by atomic mass is 28.2. The summed E-state index contributed by atoms with van der Waals surface area (Å²) in [6, 6.07) is 0. The van der Waals surface area contributed by atoms with Crippen LogP contribution in [0.5, 0.6) is 0 Å². The third-order valence-corrected chi connectivity index (χ3v) is 3.04. The van der Waals surface area contributed by atoms with Crippen LogP contribution >= 0.6 is 0 Å². The average Bonchev–Trinajstić information content (AvgIpc) is 2.40. The van der Waals surface area contributed by atoms with E-state index in [0.29, 0.717) is 5.54 Å². The van der Waals surface area contributed by atoms with Crippen LogP contribution in [0, 0.1) is 0 Å². The quantitative estimate of drug-likeness (QED) is 0.528. The fraction of sp³-hybridized carbons (Fsp3) is 0.333. The normalized spacial score (nSPS) is 18.8. The Morgan fingerprint density at radius 3 is 2.50 bits per heavy atom. The topological polar surface area (TPSA) is 0 Å². The lowest BCUT2D eigenvalue weighted by Gasteiger charge is -2.01. The predicted molar refractivity (Wildman–Crippen MR) is 47.2 cm³/mol. The van der Waals surface area contributed by atoms with Crippen LogP contribution < -0.4 is 0 Å². The van der Waals surface area contributed by atoms with Gasteiger partial charge in [-0.1, -0.05) is 35.6 Å². The van der Waals surface area contributed by atoms with Crippen LogP contribution in [0.2, 0.25) is 5.54 Å². The van der Waals surface area contributed by atoms with Gasteiger partial charge in [-0.2, -0.15) is 0 Å². The molecule has 0 N–H and O–H groups in total. The van der Waals surface area contributed by atoms with Crippen molar-refractivity contribution in [3.8, 4) is 0 Å². The van der Waals surface area contributed by atoms with E-state index in [9.17, 15) is 0 Å².